The number of aryl methyl sites for hydroxylation is 2. The number of allylic oxidation sites excluding steroid dienone is 2. The minimum Gasteiger partial charge on any atom is -0.466 e. The lowest BCUT2D eigenvalue weighted by atomic mass is 9.87. The number of carbonyl (C=O) groups is 2. The third-order valence-electron chi connectivity index (χ3n) is 11.8. The number of carbonyl (C=O) groups excluding carboxylic acids is 2. The van der Waals surface area contributed by atoms with Crippen molar-refractivity contribution in [2.75, 3.05) is 26.4 Å². The van der Waals surface area contributed by atoms with Crippen molar-refractivity contribution < 1.29 is 62.0 Å². The van der Waals surface area contributed by atoms with Crippen molar-refractivity contribution in [3.63, 3.8) is 0 Å². The molecule has 0 spiro atoms. The topological polar surface area (TPSA) is 217 Å². The summed E-state index contributed by atoms with van der Waals surface area (Å²) in [4.78, 5) is 35.3. The fraction of sp³-hybridized carbons (Fsp3) is 0.796. The van der Waals surface area contributed by atoms with Crippen molar-refractivity contribution in [1.82, 2.24) is 0 Å². The first-order valence-electron chi connectivity index (χ1n) is 24.6. The zero-order valence-corrected chi connectivity index (χ0v) is 40.7. The van der Waals surface area contributed by atoms with Gasteiger partial charge in [0.05, 0.1) is 31.5 Å². The summed E-state index contributed by atoms with van der Waals surface area (Å²) >= 11 is 0. The van der Waals surface area contributed by atoms with Gasteiger partial charge in [0.25, 0.3) is 0 Å². The molecule has 0 radical (unpaired) electrons. The van der Waals surface area contributed by atoms with Crippen molar-refractivity contribution in [2.24, 2.45) is 11.7 Å². The van der Waals surface area contributed by atoms with Gasteiger partial charge in [0.2, 0.25) is 0 Å². The van der Waals surface area contributed by atoms with E-state index in [0.29, 0.717) is 32.1 Å². The van der Waals surface area contributed by atoms with Crippen LogP contribution in [0.3, 0.4) is 0 Å². The molecule has 370 valence electrons. The molecule has 0 saturated carbocycles. The fourth-order valence-corrected chi connectivity index (χ4v) is 8.56. The van der Waals surface area contributed by atoms with Crippen LogP contribution in [0.4, 0.5) is 0 Å². The molecule has 0 aliphatic carbocycles. The predicted molar refractivity (Wildman–Crippen MR) is 249 cm³/mol. The molecule has 1 saturated heterocycles. The van der Waals surface area contributed by atoms with E-state index in [1.54, 1.807) is 12.2 Å². The van der Waals surface area contributed by atoms with Crippen molar-refractivity contribution in [1.29, 1.82) is 0 Å². The van der Waals surface area contributed by atoms with Crippen molar-refractivity contribution in [2.45, 2.75) is 219 Å². The lowest BCUT2D eigenvalue weighted by molar-refractivity contribution is -0.199. The molecule has 2 rings (SSSR count). The molecule has 15 heteroatoms. The Bertz CT molecular complexity index is 1500. The Kier molecular flexibility index (Phi) is 31.4. The molecular weight excluding hydrogens is 842 g/mol. The maximum absolute atomic E-state index is 12.8. The van der Waals surface area contributed by atoms with Crippen LogP contribution in [0.2, 0.25) is 0 Å². The average molecular weight is 928 g/mol. The molecule has 0 amide bonds. The Hall–Kier alpha value is -2.39. The number of esters is 2. The number of rotatable bonds is 38. The molecule has 0 bridgehead atoms. The monoisotopic (exact) mass is 928 g/mol. The summed E-state index contributed by atoms with van der Waals surface area (Å²) < 4.78 is 44.8. The second-order valence-electron chi connectivity index (χ2n) is 17.4. The molecule has 64 heavy (non-hydrogen) atoms. The molecule has 2 heterocycles. The smallest absolute Gasteiger partial charge is 0.466 e. The standard InChI is InChI=1S/C49H86NO13P/c1-5-7-19-25-40(51)31-32-46-42(43(52)35-49(55)63-46)26-21-17-18-24-30-48(54)61-41(37-60-64(56,57)59-34-33-50)36-58-47(53)29-23-16-14-12-10-9-11-13-15-22-28-45-39(4)38(3)44(62-45)27-20-8-6-2/h17,21,31-32,40-43,46,49,51-52,55H,5-16,18-20,22-30,33-37,50H2,1-4H3,(H,56,57)/b21-17-,32-31+/t40-,41+,42-,43-,46+,49?/m0/s1. The van der Waals surface area contributed by atoms with Crippen LogP contribution in [-0.4, -0.2) is 89.2 Å². The molecule has 14 nitrogen and oxygen atoms in total. The number of furan rings is 1. The van der Waals surface area contributed by atoms with Crippen LogP contribution in [0.5, 0.6) is 0 Å². The van der Waals surface area contributed by atoms with Crippen molar-refractivity contribution >= 4 is 19.8 Å². The van der Waals surface area contributed by atoms with E-state index < -0.39 is 57.1 Å². The van der Waals surface area contributed by atoms with Crippen molar-refractivity contribution in [3.8, 4) is 0 Å². The first-order chi connectivity index (χ1) is 30.8. The van der Waals surface area contributed by atoms with Gasteiger partial charge < -0.3 is 44.6 Å². The highest BCUT2D eigenvalue weighted by molar-refractivity contribution is 7.47. The summed E-state index contributed by atoms with van der Waals surface area (Å²) in [5.74, 6) is 0.987. The molecule has 7 atom stereocenters. The zero-order chi connectivity index (χ0) is 47.0. The number of hydrogen-bond donors (Lipinski definition) is 5. The first-order valence-corrected chi connectivity index (χ1v) is 26.1. The van der Waals surface area contributed by atoms with Crippen LogP contribution in [-0.2, 0) is 50.3 Å². The summed E-state index contributed by atoms with van der Waals surface area (Å²) in [5, 5.41) is 31.0. The van der Waals surface area contributed by atoms with Gasteiger partial charge in [0, 0.05) is 44.6 Å². The Balaban J connectivity index is 1.67. The number of aliphatic hydroxyl groups excluding tert-OH is 3. The molecular formula is C49H86NO13P. The van der Waals surface area contributed by atoms with Gasteiger partial charge in [0.1, 0.15) is 18.1 Å². The lowest BCUT2D eigenvalue weighted by Crippen LogP contribution is -2.43. The van der Waals surface area contributed by atoms with Gasteiger partial charge in [0.15, 0.2) is 12.4 Å². The summed E-state index contributed by atoms with van der Waals surface area (Å²) in [7, 11) is -4.47. The molecule has 0 aromatic carbocycles. The van der Waals surface area contributed by atoms with Crippen LogP contribution in [0.25, 0.3) is 0 Å². The highest BCUT2D eigenvalue weighted by atomic mass is 31.2. The second-order valence-corrected chi connectivity index (χ2v) is 18.9. The number of aliphatic hydroxyl groups is 3. The van der Waals surface area contributed by atoms with Gasteiger partial charge in [-0.05, 0) is 69.9 Å². The largest absolute Gasteiger partial charge is 0.472 e. The van der Waals surface area contributed by atoms with E-state index in [2.05, 4.69) is 27.7 Å². The van der Waals surface area contributed by atoms with E-state index in [-0.39, 0.29) is 44.9 Å². The number of unbranched alkanes of at least 4 members (excludes halogenated alkanes) is 14. The minimum absolute atomic E-state index is 0.00469. The Morgan fingerprint density at radius 1 is 0.797 bits per heavy atom. The maximum atomic E-state index is 12.8. The van der Waals surface area contributed by atoms with E-state index in [1.807, 2.05) is 12.2 Å². The number of phosphoric acid groups is 1. The highest BCUT2D eigenvalue weighted by Crippen LogP contribution is 2.43. The maximum Gasteiger partial charge on any atom is 0.472 e. The quantitative estimate of drug-likeness (QED) is 0.0181. The average Bonchev–Trinajstić information content (AvgIpc) is 3.53. The fourth-order valence-electron chi connectivity index (χ4n) is 7.79. The van der Waals surface area contributed by atoms with E-state index >= 15 is 0 Å². The lowest BCUT2D eigenvalue weighted by Gasteiger charge is -2.36. The summed E-state index contributed by atoms with van der Waals surface area (Å²) in [5.41, 5.74) is 8.02. The van der Waals surface area contributed by atoms with Crippen LogP contribution in [0, 0.1) is 19.8 Å². The number of nitrogens with two attached hydrogens (primary N) is 1. The summed E-state index contributed by atoms with van der Waals surface area (Å²) in [6.07, 6.45) is 25.0. The van der Waals surface area contributed by atoms with Crippen LogP contribution >= 0.6 is 7.82 Å². The molecule has 1 aliphatic heterocycles. The van der Waals surface area contributed by atoms with E-state index in [0.717, 1.165) is 57.8 Å². The normalized spacial score (nSPS) is 19.9. The molecule has 6 N–H and O–H groups in total. The van der Waals surface area contributed by atoms with Gasteiger partial charge in [-0.2, -0.15) is 0 Å². The third kappa shape index (κ3) is 26.1. The third-order valence-corrected chi connectivity index (χ3v) is 12.8. The SMILES string of the molecule is CCCCCc1oc(CCCCCCCCCCCCC(=O)OC[C@H](COP(=O)(O)OCCN)OC(=O)CCC/C=C\C[C@H]2[C@@H](O)CC(O)O[C@@H]2/C=C/[C@@H](O)CCCCC)c(C)c1C. The van der Waals surface area contributed by atoms with Crippen LogP contribution in [0.1, 0.15) is 184 Å². The minimum atomic E-state index is -4.47. The molecule has 1 aliphatic rings. The van der Waals surface area contributed by atoms with Crippen molar-refractivity contribution in [3.05, 3.63) is 47.0 Å². The van der Waals surface area contributed by atoms with Crippen LogP contribution in [0.15, 0.2) is 28.7 Å². The Labute approximate surface area is 384 Å². The zero-order valence-electron chi connectivity index (χ0n) is 39.8. The Morgan fingerprint density at radius 3 is 2.03 bits per heavy atom. The predicted octanol–water partition coefficient (Wildman–Crippen LogP) is 9.71. The van der Waals surface area contributed by atoms with E-state index in [1.165, 1.54) is 74.0 Å². The van der Waals surface area contributed by atoms with Gasteiger partial charge >= 0.3 is 19.8 Å². The van der Waals surface area contributed by atoms with Gasteiger partial charge in [-0.15, -0.1) is 0 Å². The molecule has 2 unspecified atom stereocenters. The number of hydrogen-bond acceptors (Lipinski definition) is 13. The number of phosphoric ester groups is 1. The van der Waals surface area contributed by atoms with E-state index in [4.69, 9.17) is 33.4 Å². The molecule has 1 aromatic heterocycles. The summed E-state index contributed by atoms with van der Waals surface area (Å²) in [6, 6.07) is 0. The molecule has 1 aromatic rings. The van der Waals surface area contributed by atoms with Gasteiger partial charge in [-0.25, -0.2) is 4.57 Å². The van der Waals surface area contributed by atoms with E-state index in [9.17, 15) is 34.4 Å². The molecule has 1 fully saturated rings. The second kappa shape index (κ2) is 34.9. The first kappa shape index (κ1) is 57.7. The Morgan fingerprint density at radius 2 is 1.39 bits per heavy atom. The highest BCUT2D eigenvalue weighted by Gasteiger charge is 2.35. The summed E-state index contributed by atoms with van der Waals surface area (Å²) in [6.45, 7) is 7.64. The number of ether oxygens (including phenoxy) is 3. The van der Waals surface area contributed by atoms with Gasteiger partial charge in [-0.1, -0.05) is 122 Å². The van der Waals surface area contributed by atoms with Crippen LogP contribution < -0.4 is 5.73 Å². The van der Waals surface area contributed by atoms with Gasteiger partial charge in [-0.3, -0.25) is 18.6 Å².